The lowest BCUT2D eigenvalue weighted by atomic mass is 10.3. The Morgan fingerprint density at radius 3 is 2.50 bits per heavy atom. The Labute approximate surface area is 127 Å². The monoisotopic (exact) mass is 329 g/mol. The van der Waals surface area contributed by atoms with Crippen LogP contribution in [-0.2, 0) is 19.6 Å². The third-order valence-electron chi connectivity index (χ3n) is 2.99. The lowest BCUT2D eigenvalue weighted by Crippen LogP contribution is -2.50. The second kappa shape index (κ2) is 9.51. The van der Waals surface area contributed by atoms with Gasteiger partial charge >= 0.3 is 0 Å². The number of piperazine rings is 1. The average Bonchev–Trinajstić information content (AvgIpc) is 2.39. The molecule has 1 amide bonds. The lowest BCUT2D eigenvalue weighted by Gasteiger charge is -2.29. The molecular weight excluding hydrogens is 306 g/mol. The molecule has 1 aliphatic heterocycles. The zero-order chi connectivity index (χ0) is 14.3. The summed E-state index contributed by atoms with van der Waals surface area (Å²) in [5.74, 6) is -0.240. The zero-order valence-electron chi connectivity index (χ0n) is 12.0. The third kappa shape index (κ3) is 6.36. The van der Waals surface area contributed by atoms with Gasteiger partial charge < -0.3 is 15.0 Å². The Hall–Kier alpha value is -0.410. The van der Waals surface area contributed by atoms with Crippen LogP contribution in [-0.4, -0.2) is 82.3 Å². The minimum absolute atomic E-state index is 0. The summed E-state index contributed by atoms with van der Waals surface area (Å²) >= 11 is 0. The standard InChI is InChI=1S/C11H23N3O4S.ClH/c1-3-18-8-9-19(16,17)13(2)10-11(15)14-6-4-12-5-7-14;/h12H,3-10H2,1-2H3;1H. The van der Waals surface area contributed by atoms with Gasteiger partial charge in [-0.2, -0.15) is 4.31 Å². The van der Waals surface area contributed by atoms with Crippen LogP contribution in [0.4, 0.5) is 0 Å². The number of ether oxygens (including phenoxy) is 1. The number of halogens is 1. The summed E-state index contributed by atoms with van der Waals surface area (Å²) < 4.78 is 29.9. The van der Waals surface area contributed by atoms with Crippen molar-refractivity contribution in [1.29, 1.82) is 0 Å². The fourth-order valence-corrected chi connectivity index (χ4v) is 2.71. The van der Waals surface area contributed by atoms with E-state index in [2.05, 4.69) is 5.32 Å². The molecule has 1 aliphatic rings. The number of hydrogen-bond donors (Lipinski definition) is 1. The van der Waals surface area contributed by atoms with Crippen molar-refractivity contribution in [2.24, 2.45) is 0 Å². The predicted octanol–water partition coefficient (Wildman–Crippen LogP) is -0.862. The van der Waals surface area contributed by atoms with Crippen LogP contribution in [0.25, 0.3) is 0 Å². The maximum Gasteiger partial charge on any atom is 0.237 e. The van der Waals surface area contributed by atoms with Crippen LogP contribution in [0.2, 0.25) is 0 Å². The van der Waals surface area contributed by atoms with Gasteiger partial charge in [-0.1, -0.05) is 0 Å². The molecule has 20 heavy (non-hydrogen) atoms. The van der Waals surface area contributed by atoms with Gasteiger partial charge in [-0.3, -0.25) is 4.79 Å². The van der Waals surface area contributed by atoms with Crippen LogP contribution in [0.3, 0.4) is 0 Å². The predicted molar refractivity (Wildman–Crippen MR) is 79.6 cm³/mol. The summed E-state index contributed by atoms with van der Waals surface area (Å²) in [5.41, 5.74) is 0. The van der Waals surface area contributed by atoms with Crippen LogP contribution in [0.5, 0.6) is 0 Å². The van der Waals surface area contributed by atoms with Gasteiger partial charge in [0.05, 0.1) is 18.9 Å². The average molecular weight is 330 g/mol. The molecule has 7 nitrogen and oxygen atoms in total. The summed E-state index contributed by atoms with van der Waals surface area (Å²) in [6.07, 6.45) is 0. The number of carbonyl (C=O) groups excluding carboxylic acids is 1. The Balaban J connectivity index is 0.00000361. The molecule has 1 fully saturated rings. The summed E-state index contributed by atoms with van der Waals surface area (Å²) in [4.78, 5) is 13.6. The molecule has 1 N–H and O–H groups in total. The van der Waals surface area contributed by atoms with Crippen molar-refractivity contribution in [3.05, 3.63) is 0 Å². The summed E-state index contributed by atoms with van der Waals surface area (Å²) in [6.45, 7) is 5.12. The van der Waals surface area contributed by atoms with Gasteiger partial charge in [0, 0.05) is 39.8 Å². The maximum absolute atomic E-state index is 11.9. The highest BCUT2D eigenvalue weighted by molar-refractivity contribution is 7.89. The SMILES string of the molecule is CCOCCS(=O)(=O)N(C)CC(=O)N1CCNCC1.Cl. The Morgan fingerprint density at radius 1 is 1.35 bits per heavy atom. The van der Waals surface area contributed by atoms with E-state index in [1.165, 1.54) is 7.05 Å². The number of carbonyl (C=O) groups is 1. The zero-order valence-corrected chi connectivity index (χ0v) is 13.6. The summed E-state index contributed by atoms with van der Waals surface area (Å²) in [5, 5.41) is 3.15. The number of amides is 1. The van der Waals surface area contributed by atoms with E-state index in [0.717, 1.165) is 17.4 Å². The molecule has 0 radical (unpaired) electrons. The highest BCUT2D eigenvalue weighted by atomic mass is 35.5. The second-order valence-corrected chi connectivity index (χ2v) is 6.60. The number of nitrogens with one attached hydrogen (secondary N) is 1. The molecule has 1 saturated heterocycles. The first-order valence-electron chi connectivity index (χ1n) is 6.47. The molecule has 1 rings (SSSR count). The molecule has 0 saturated carbocycles. The highest BCUT2D eigenvalue weighted by Crippen LogP contribution is 2.01. The first kappa shape index (κ1) is 19.6. The van der Waals surface area contributed by atoms with Crippen LogP contribution in [0, 0.1) is 0 Å². The number of likely N-dealkylation sites (N-methyl/N-ethyl adjacent to an activating group) is 1. The second-order valence-electron chi connectivity index (χ2n) is 4.40. The summed E-state index contributed by atoms with van der Waals surface area (Å²) in [7, 11) is -1.99. The quantitative estimate of drug-likeness (QED) is 0.615. The summed E-state index contributed by atoms with van der Waals surface area (Å²) in [6, 6.07) is 0. The Bertz CT molecular complexity index is 385. The van der Waals surface area contributed by atoms with Crippen molar-refractivity contribution >= 4 is 28.3 Å². The van der Waals surface area contributed by atoms with E-state index in [-0.39, 0.29) is 37.2 Å². The van der Waals surface area contributed by atoms with Gasteiger partial charge in [-0.25, -0.2) is 8.42 Å². The van der Waals surface area contributed by atoms with Gasteiger partial charge in [0.15, 0.2) is 0 Å². The molecule has 0 atom stereocenters. The molecule has 9 heteroatoms. The van der Waals surface area contributed by atoms with E-state index in [9.17, 15) is 13.2 Å². The molecule has 0 spiro atoms. The van der Waals surface area contributed by atoms with Crippen LogP contribution >= 0.6 is 12.4 Å². The Morgan fingerprint density at radius 2 is 1.95 bits per heavy atom. The topological polar surface area (TPSA) is 79.0 Å². The van der Waals surface area contributed by atoms with Crippen molar-refractivity contribution in [3.8, 4) is 0 Å². The van der Waals surface area contributed by atoms with E-state index in [0.29, 0.717) is 19.7 Å². The fourth-order valence-electron chi connectivity index (χ4n) is 1.77. The third-order valence-corrected chi connectivity index (χ3v) is 4.75. The molecule has 0 bridgehead atoms. The van der Waals surface area contributed by atoms with Gasteiger partial charge in [0.2, 0.25) is 15.9 Å². The fraction of sp³-hybridized carbons (Fsp3) is 0.909. The van der Waals surface area contributed by atoms with Crippen LogP contribution in [0.1, 0.15) is 6.92 Å². The largest absolute Gasteiger partial charge is 0.381 e. The number of sulfonamides is 1. The van der Waals surface area contributed by atoms with Crippen molar-refractivity contribution in [2.45, 2.75) is 6.92 Å². The molecule has 0 aromatic heterocycles. The first-order valence-corrected chi connectivity index (χ1v) is 8.08. The van der Waals surface area contributed by atoms with Crippen molar-refractivity contribution in [3.63, 3.8) is 0 Å². The van der Waals surface area contributed by atoms with E-state index in [1.807, 2.05) is 6.92 Å². The van der Waals surface area contributed by atoms with Crippen molar-refractivity contribution in [1.82, 2.24) is 14.5 Å². The number of nitrogens with zero attached hydrogens (tertiary/aromatic N) is 2. The van der Waals surface area contributed by atoms with Crippen LogP contribution in [0.15, 0.2) is 0 Å². The van der Waals surface area contributed by atoms with Gasteiger partial charge in [0.25, 0.3) is 0 Å². The lowest BCUT2D eigenvalue weighted by molar-refractivity contribution is -0.131. The van der Waals surface area contributed by atoms with E-state index in [4.69, 9.17) is 4.74 Å². The van der Waals surface area contributed by atoms with Gasteiger partial charge in [-0.05, 0) is 6.92 Å². The minimum atomic E-state index is -3.42. The molecule has 120 valence electrons. The number of rotatable bonds is 7. The molecule has 0 aliphatic carbocycles. The first-order chi connectivity index (χ1) is 8.97. The molecule has 0 unspecified atom stereocenters. The van der Waals surface area contributed by atoms with E-state index in [1.54, 1.807) is 4.90 Å². The molecular formula is C11H24ClN3O4S. The van der Waals surface area contributed by atoms with E-state index >= 15 is 0 Å². The smallest absolute Gasteiger partial charge is 0.237 e. The molecule has 0 aromatic carbocycles. The van der Waals surface area contributed by atoms with Crippen molar-refractivity contribution < 1.29 is 17.9 Å². The minimum Gasteiger partial charge on any atom is -0.381 e. The van der Waals surface area contributed by atoms with Gasteiger partial charge in [0.1, 0.15) is 0 Å². The number of hydrogen-bond acceptors (Lipinski definition) is 5. The van der Waals surface area contributed by atoms with Gasteiger partial charge in [-0.15, -0.1) is 12.4 Å². The normalized spacial score (nSPS) is 16.1. The van der Waals surface area contributed by atoms with E-state index < -0.39 is 10.0 Å². The highest BCUT2D eigenvalue weighted by Gasteiger charge is 2.23. The van der Waals surface area contributed by atoms with Crippen LogP contribution < -0.4 is 5.32 Å². The molecule has 0 aromatic rings. The molecule has 1 heterocycles. The maximum atomic E-state index is 11.9. The Kier molecular flexibility index (Phi) is 9.32. The van der Waals surface area contributed by atoms with Crippen molar-refractivity contribution in [2.75, 3.05) is 58.7 Å².